The van der Waals surface area contributed by atoms with E-state index < -0.39 is 5.60 Å². The molecule has 0 aromatic heterocycles. The number of nitrogens with zero attached hydrogens (tertiary/aromatic N) is 2. The van der Waals surface area contributed by atoms with Crippen LogP contribution in [0, 0.1) is 0 Å². The summed E-state index contributed by atoms with van der Waals surface area (Å²) in [4.78, 5) is 17.5. The van der Waals surface area contributed by atoms with E-state index in [-0.39, 0.29) is 30.7 Å². The van der Waals surface area contributed by atoms with E-state index in [4.69, 9.17) is 9.47 Å². The zero-order valence-electron chi connectivity index (χ0n) is 17.0. The minimum Gasteiger partial charge on any atom is -0.497 e. The molecule has 160 valence electrons. The summed E-state index contributed by atoms with van der Waals surface area (Å²) in [6.07, 6.45) is 1.51. The van der Waals surface area contributed by atoms with Crippen LogP contribution in [0.25, 0.3) is 0 Å². The number of rotatable bonds is 5. The molecule has 2 heterocycles. The van der Waals surface area contributed by atoms with E-state index in [1.165, 1.54) is 5.56 Å². The number of halogens is 2. The number of carbonyl (C=O) groups excluding carboxylic acids is 1. The van der Waals surface area contributed by atoms with E-state index >= 15 is 0 Å². The lowest BCUT2D eigenvalue weighted by atomic mass is 9.90. The summed E-state index contributed by atoms with van der Waals surface area (Å²) in [7, 11) is 3.37. The fourth-order valence-electron chi connectivity index (χ4n) is 4.05. The molecule has 0 bridgehead atoms. The van der Waals surface area contributed by atoms with E-state index in [2.05, 4.69) is 29.3 Å². The summed E-state index contributed by atoms with van der Waals surface area (Å²) in [5.74, 6) is 1.05. The lowest BCUT2D eigenvalue weighted by molar-refractivity contribution is -0.160. The predicted octanol–water partition coefficient (Wildman–Crippen LogP) is 2.51. The third-order valence-electron chi connectivity index (χ3n) is 5.92. The number of piperidine rings is 1. The summed E-state index contributed by atoms with van der Waals surface area (Å²) in [5, 5.41) is 3.31. The molecule has 1 aromatic rings. The van der Waals surface area contributed by atoms with Gasteiger partial charge in [0.25, 0.3) is 5.91 Å². The predicted molar refractivity (Wildman–Crippen MR) is 116 cm³/mol. The number of hydrogen-bond donors (Lipinski definition) is 1. The van der Waals surface area contributed by atoms with E-state index in [9.17, 15) is 4.79 Å². The number of hydrogen-bond acceptors (Lipinski definition) is 5. The monoisotopic (exact) mass is 433 g/mol. The number of ether oxygens (including phenoxy) is 2. The molecule has 28 heavy (non-hydrogen) atoms. The van der Waals surface area contributed by atoms with Crippen molar-refractivity contribution in [1.29, 1.82) is 0 Å². The molecule has 2 fully saturated rings. The minimum absolute atomic E-state index is 0. The first-order valence-corrected chi connectivity index (χ1v) is 9.53. The van der Waals surface area contributed by atoms with Crippen molar-refractivity contribution in [2.24, 2.45) is 0 Å². The zero-order chi connectivity index (χ0) is 18.6. The van der Waals surface area contributed by atoms with Gasteiger partial charge in [-0.25, -0.2) is 0 Å². The van der Waals surface area contributed by atoms with Crippen molar-refractivity contribution in [3.8, 4) is 5.75 Å². The van der Waals surface area contributed by atoms with Gasteiger partial charge in [-0.15, -0.1) is 24.8 Å². The van der Waals surface area contributed by atoms with Crippen molar-refractivity contribution in [2.75, 3.05) is 53.5 Å². The number of benzene rings is 1. The Morgan fingerprint density at radius 2 is 1.75 bits per heavy atom. The van der Waals surface area contributed by atoms with Crippen molar-refractivity contribution in [3.63, 3.8) is 0 Å². The van der Waals surface area contributed by atoms with Crippen LogP contribution >= 0.6 is 24.8 Å². The number of piperazine rings is 1. The number of carbonyl (C=O) groups is 1. The maximum Gasteiger partial charge on any atom is 0.254 e. The smallest absolute Gasteiger partial charge is 0.254 e. The SMILES string of the molecule is COc1cccc(C(C)N2CCN(C(=O)C3(OC)CCNCC3)CC2)c1.Cl.Cl. The molecule has 1 amide bonds. The fourth-order valence-corrected chi connectivity index (χ4v) is 4.05. The standard InChI is InChI=1S/C20H31N3O3.2ClH/c1-16(17-5-4-6-18(15-17)25-2)22-11-13-23(14-12-22)19(24)20(26-3)7-9-21-10-8-20;;/h4-6,15-16,21H,7-14H2,1-3H3;2*1H. The van der Waals surface area contributed by atoms with Gasteiger partial charge in [-0.3, -0.25) is 9.69 Å². The topological polar surface area (TPSA) is 54.0 Å². The second-order valence-electron chi connectivity index (χ2n) is 7.23. The molecule has 1 aromatic carbocycles. The molecule has 1 unspecified atom stereocenters. The van der Waals surface area contributed by atoms with Crippen molar-refractivity contribution < 1.29 is 14.3 Å². The van der Waals surface area contributed by atoms with E-state index in [0.717, 1.165) is 57.9 Å². The van der Waals surface area contributed by atoms with Gasteiger partial charge in [-0.1, -0.05) is 12.1 Å². The molecular weight excluding hydrogens is 401 g/mol. The first kappa shape index (κ1) is 25.0. The number of methoxy groups -OCH3 is 2. The van der Waals surface area contributed by atoms with E-state index in [1.54, 1.807) is 14.2 Å². The van der Waals surface area contributed by atoms with E-state index in [0.29, 0.717) is 6.04 Å². The summed E-state index contributed by atoms with van der Waals surface area (Å²) in [6.45, 7) is 7.16. The summed E-state index contributed by atoms with van der Waals surface area (Å²) >= 11 is 0. The number of nitrogens with one attached hydrogen (secondary N) is 1. The highest BCUT2D eigenvalue weighted by Gasteiger charge is 2.43. The van der Waals surface area contributed by atoms with Crippen molar-refractivity contribution in [1.82, 2.24) is 15.1 Å². The quantitative estimate of drug-likeness (QED) is 0.772. The van der Waals surface area contributed by atoms with E-state index in [1.807, 2.05) is 17.0 Å². The van der Waals surface area contributed by atoms with Gasteiger partial charge < -0.3 is 19.7 Å². The Labute approximate surface area is 180 Å². The lowest BCUT2D eigenvalue weighted by Gasteiger charge is -2.43. The zero-order valence-corrected chi connectivity index (χ0v) is 18.6. The van der Waals surface area contributed by atoms with Crippen molar-refractivity contribution in [2.45, 2.75) is 31.4 Å². The van der Waals surface area contributed by atoms with Crippen LogP contribution in [0.2, 0.25) is 0 Å². The molecule has 0 saturated carbocycles. The van der Waals surface area contributed by atoms with Crippen molar-refractivity contribution in [3.05, 3.63) is 29.8 Å². The lowest BCUT2D eigenvalue weighted by Crippen LogP contribution is -2.59. The normalized spacial score (nSPS) is 20.5. The van der Waals surface area contributed by atoms with Crippen LogP contribution in [0.1, 0.15) is 31.4 Å². The Morgan fingerprint density at radius 3 is 2.32 bits per heavy atom. The summed E-state index contributed by atoms with van der Waals surface area (Å²) in [6, 6.07) is 8.54. The summed E-state index contributed by atoms with van der Waals surface area (Å²) in [5.41, 5.74) is 0.613. The maximum atomic E-state index is 13.1. The molecule has 2 aliphatic heterocycles. The molecule has 3 rings (SSSR count). The maximum absolute atomic E-state index is 13.1. The average molecular weight is 434 g/mol. The Morgan fingerprint density at radius 1 is 1.11 bits per heavy atom. The third kappa shape index (κ3) is 5.30. The van der Waals surface area contributed by atoms with Gasteiger partial charge in [0.05, 0.1) is 7.11 Å². The van der Waals surface area contributed by atoms with Gasteiger partial charge in [0.2, 0.25) is 0 Å². The fraction of sp³-hybridized carbons (Fsp3) is 0.650. The van der Waals surface area contributed by atoms with Crippen LogP contribution in [0.3, 0.4) is 0 Å². The van der Waals surface area contributed by atoms with Crippen LogP contribution in [-0.4, -0.2) is 74.8 Å². The molecular formula is C20H33Cl2N3O3. The highest BCUT2D eigenvalue weighted by Crippen LogP contribution is 2.28. The highest BCUT2D eigenvalue weighted by atomic mass is 35.5. The van der Waals surface area contributed by atoms with Crippen LogP contribution in [-0.2, 0) is 9.53 Å². The van der Waals surface area contributed by atoms with Gasteiger partial charge in [-0.2, -0.15) is 0 Å². The van der Waals surface area contributed by atoms with Crippen LogP contribution in [0.5, 0.6) is 5.75 Å². The molecule has 1 atom stereocenters. The van der Waals surface area contributed by atoms with Gasteiger partial charge in [-0.05, 0) is 50.6 Å². The molecule has 0 aliphatic carbocycles. The first-order chi connectivity index (χ1) is 12.6. The summed E-state index contributed by atoms with van der Waals surface area (Å²) < 4.78 is 11.0. The largest absolute Gasteiger partial charge is 0.497 e. The Kier molecular flexibility index (Phi) is 10.0. The van der Waals surface area contributed by atoms with Gasteiger partial charge in [0.1, 0.15) is 11.4 Å². The first-order valence-electron chi connectivity index (χ1n) is 9.53. The Bertz CT molecular complexity index is 618. The number of amides is 1. The van der Waals surface area contributed by atoms with Gasteiger partial charge in [0, 0.05) is 39.3 Å². The molecule has 0 spiro atoms. The van der Waals surface area contributed by atoms with Crippen LogP contribution < -0.4 is 10.1 Å². The molecule has 2 saturated heterocycles. The van der Waals surface area contributed by atoms with Crippen LogP contribution in [0.15, 0.2) is 24.3 Å². The molecule has 0 radical (unpaired) electrons. The molecule has 2 aliphatic rings. The molecule has 6 nitrogen and oxygen atoms in total. The second kappa shape index (κ2) is 11.2. The molecule has 1 N–H and O–H groups in total. The third-order valence-corrected chi connectivity index (χ3v) is 5.92. The van der Waals surface area contributed by atoms with Crippen LogP contribution in [0.4, 0.5) is 0 Å². The minimum atomic E-state index is -0.633. The van der Waals surface area contributed by atoms with Gasteiger partial charge in [0.15, 0.2) is 0 Å². The van der Waals surface area contributed by atoms with Gasteiger partial charge >= 0.3 is 0 Å². The highest BCUT2D eigenvalue weighted by molar-refractivity contribution is 5.86. The molecule has 8 heteroatoms. The Balaban J connectivity index is 0.00000196. The second-order valence-corrected chi connectivity index (χ2v) is 7.23. The average Bonchev–Trinajstić information content (AvgIpc) is 2.73. The Hall–Kier alpha value is -1.05. The van der Waals surface area contributed by atoms with Crippen molar-refractivity contribution >= 4 is 30.7 Å².